The quantitative estimate of drug-likeness (QED) is 0.837. The maximum atomic E-state index is 12.0. The molecule has 1 unspecified atom stereocenters. The van der Waals surface area contributed by atoms with Crippen molar-refractivity contribution in [2.45, 2.75) is 32.2 Å². The number of benzene rings is 1. The molecular weight excluding hydrogens is 256 g/mol. The molecule has 2 rings (SSSR count). The molecule has 5 nitrogen and oxygen atoms in total. The van der Waals surface area contributed by atoms with Crippen LogP contribution in [0.1, 0.15) is 26.2 Å². The molecule has 0 spiro atoms. The third kappa shape index (κ3) is 3.87. The van der Waals surface area contributed by atoms with Gasteiger partial charge in [0.2, 0.25) is 5.91 Å². The molecule has 2 N–H and O–H groups in total. The van der Waals surface area contributed by atoms with Crippen LogP contribution in [0.15, 0.2) is 18.2 Å². The molecule has 0 bridgehead atoms. The van der Waals surface area contributed by atoms with E-state index in [-0.39, 0.29) is 5.91 Å². The van der Waals surface area contributed by atoms with Gasteiger partial charge in [0.15, 0.2) is 11.5 Å². The number of methoxy groups -OCH3 is 1. The van der Waals surface area contributed by atoms with E-state index in [0.29, 0.717) is 30.6 Å². The Morgan fingerprint density at radius 1 is 1.45 bits per heavy atom. The second kappa shape index (κ2) is 7.14. The van der Waals surface area contributed by atoms with Gasteiger partial charge >= 0.3 is 0 Å². The molecule has 1 aliphatic heterocycles. The molecule has 1 aliphatic rings. The van der Waals surface area contributed by atoms with Crippen LogP contribution in [0, 0.1) is 0 Å². The van der Waals surface area contributed by atoms with E-state index in [1.807, 2.05) is 19.1 Å². The van der Waals surface area contributed by atoms with E-state index in [4.69, 9.17) is 9.47 Å². The summed E-state index contributed by atoms with van der Waals surface area (Å²) in [6.45, 7) is 3.51. The molecule has 0 aromatic heterocycles. The SMILES string of the molecule is CCOc1ccc(NC(=O)CC2CCCN2)cc1OC. The molecular formula is C15H22N2O3. The van der Waals surface area contributed by atoms with Gasteiger partial charge in [-0.3, -0.25) is 4.79 Å². The lowest BCUT2D eigenvalue weighted by molar-refractivity contribution is -0.116. The molecule has 1 aromatic carbocycles. The van der Waals surface area contributed by atoms with Crippen molar-refractivity contribution in [1.29, 1.82) is 0 Å². The average Bonchev–Trinajstić information content (AvgIpc) is 2.93. The largest absolute Gasteiger partial charge is 0.493 e. The van der Waals surface area contributed by atoms with E-state index in [1.54, 1.807) is 13.2 Å². The second-order valence-corrected chi connectivity index (χ2v) is 4.84. The average molecular weight is 278 g/mol. The van der Waals surface area contributed by atoms with Gasteiger partial charge in [-0.15, -0.1) is 0 Å². The first-order chi connectivity index (χ1) is 9.72. The minimum absolute atomic E-state index is 0.0237. The van der Waals surface area contributed by atoms with Crippen molar-refractivity contribution in [2.75, 3.05) is 25.6 Å². The zero-order valence-electron chi connectivity index (χ0n) is 12.1. The summed E-state index contributed by atoms with van der Waals surface area (Å²) < 4.78 is 10.7. The summed E-state index contributed by atoms with van der Waals surface area (Å²) in [4.78, 5) is 12.0. The van der Waals surface area contributed by atoms with Gasteiger partial charge in [-0.05, 0) is 38.4 Å². The van der Waals surface area contributed by atoms with E-state index < -0.39 is 0 Å². The molecule has 0 aliphatic carbocycles. The standard InChI is InChI=1S/C15H22N2O3/c1-3-20-13-7-6-12(9-14(13)19-2)17-15(18)10-11-5-4-8-16-11/h6-7,9,11,16H,3-5,8,10H2,1-2H3,(H,17,18). The summed E-state index contributed by atoms with van der Waals surface area (Å²) in [5, 5.41) is 6.21. The summed E-state index contributed by atoms with van der Waals surface area (Å²) >= 11 is 0. The normalized spacial score (nSPS) is 17.8. The fourth-order valence-electron chi connectivity index (χ4n) is 2.39. The van der Waals surface area contributed by atoms with Crippen LogP contribution in [0.3, 0.4) is 0 Å². The van der Waals surface area contributed by atoms with Gasteiger partial charge in [0.25, 0.3) is 0 Å². The molecule has 1 amide bonds. The lowest BCUT2D eigenvalue weighted by Gasteiger charge is -2.13. The molecule has 5 heteroatoms. The predicted molar refractivity (Wildman–Crippen MR) is 78.4 cm³/mol. The van der Waals surface area contributed by atoms with Crippen molar-refractivity contribution in [1.82, 2.24) is 5.32 Å². The molecule has 1 aromatic rings. The Morgan fingerprint density at radius 3 is 2.95 bits per heavy atom. The summed E-state index contributed by atoms with van der Waals surface area (Å²) in [6.07, 6.45) is 2.73. The van der Waals surface area contributed by atoms with Crippen molar-refractivity contribution < 1.29 is 14.3 Å². The van der Waals surface area contributed by atoms with E-state index in [2.05, 4.69) is 10.6 Å². The number of nitrogens with one attached hydrogen (secondary N) is 2. The summed E-state index contributed by atoms with van der Waals surface area (Å²) in [5.74, 6) is 1.34. The van der Waals surface area contributed by atoms with E-state index >= 15 is 0 Å². The van der Waals surface area contributed by atoms with Gasteiger partial charge in [0, 0.05) is 24.2 Å². The number of ether oxygens (including phenoxy) is 2. The Morgan fingerprint density at radius 2 is 2.30 bits per heavy atom. The summed E-state index contributed by atoms with van der Waals surface area (Å²) in [6, 6.07) is 5.73. The highest BCUT2D eigenvalue weighted by Gasteiger charge is 2.17. The zero-order chi connectivity index (χ0) is 14.4. The van der Waals surface area contributed by atoms with Gasteiger partial charge in [-0.1, -0.05) is 0 Å². The van der Waals surface area contributed by atoms with Crippen molar-refractivity contribution in [2.24, 2.45) is 0 Å². The highest BCUT2D eigenvalue weighted by Crippen LogP contribution is 2.30. The minimum atomic E-state index is 0.0237. The Bertz CT molecular complexity index is 456. The lowest BCUT2D eigenvalue weighted by Crippen LogP contribution is -2.27. The number of carbonyl (C=O) groups excluding carboxylic acids is 1. The van der Waals surface area contributed by atoms with Crippen molar-refractivity contribution in [3.63, 3.8) is 0 Å². The van der Waals surface area contributed by atoms with Crippen LogP contribution in [-0.4, -0.2) is 32.2 Å². The Labute approximate surface area is 119 Å². The summed E-state index contributed by atoms with van der Waals surface area (Å²) in [7, 11) is 1.59. The Balaban J connectivity index is 1.96. The van der Waals surface area contributed by atoms with Gasteiger partial charge in [0.1, 0.15) is 0 Å². The third-order valence-electron chi connectivity index (χ3n) is 3.34. The van der Waals surface area contributed by atoms with Crippen LogP contribution >= 0.6 is 0 Å². The predicted octanol–water partition coefficient (Wildman–Crippen LogP) is 2.17. The van der Waals surface area contributed by atoms with Gasteiger partial charge < -0.3 is 20.1 Å². The molecule has 20 heavy (non-hydrogen) atoms. The third-order valence-corrected chi connectivity index (χ3v) is 3.34. The topological polar surface area (TPSA) is 59.6 Å². The van der Waals surface area contributed by atoms with E-state index in [9.17, 15) is 4.79 Å². The van der Waals surface area contributed by atoms with Crippen LogP contribution in [0.4, 0.5) is 5.69 Å². The van der Waals surface area contributed by atoms with Crippen LogP contribution in [0.5, 0.6) is 11.5 Å². The molecule has 110 valence electrons. The number of rotatable bonds is 6. The second-order valence-electron chi connectivity index (χ2n) is 4.84. The number of amides is 1. The number of carbonyl (C=O) groups is 1. The molecule has 0 saturated carbocycles. The van der Waals surface area contributed by atoms with Gasteiger partial charge in [-0.25, -0.2) is 0 Å². The first-order valence-corrected chi connectivity index (χ1v) is 7.07. The lowest BCUT2D eigenvalue weighted by atomic mass is 10.1. The highest BCUT2D eigenvalue weighted by molar-refractivity contribution is 5.91. The molecule has 1 fully saturated rings. The first-order valence-electron chi connectivity index (χ1n) is 7.07. The number of anilines is 1. The molecule has 1 heterocycles. The maximum absolute atomic E-state index is 12.0. The van der Waals surface area contributed by atoms with Crippen molar-refractivity contribution in [3.05, 3.63) is 18.2 Å². The molecule has 0 radical (unpaired) electrons. The monoisotopic (exact) mass is 278 g/mol. The minimum Gasteiger partial charge on any atom is -0.493 e. The number of hydrogen-bond acceptors (Lipinski definition) is 4. The van der Waals surface area contributed by atoms with Crippen molar-refractivity contribution >= 4 is 11.6 Å². The molecule has 1 atom stereocenters. The molecule has 1 saturated heterocycles. The number of hydrogen-bond donors (Lipinski definition) is 2. The van der Waals surface area contributed by atoms with Crippen LogP contribution in [0.2, 0.25) is 0 Å². The highest BCUT2D eigenvalue weighted by atomic mass is 16.5. The first kappa shape index (κ1) is 14.7. The Kier molecular flexibility index (Phi) is 5.24. The zero-order valence-corrected chi connectivity index (χ0v) is 12.1. The maximum Gasteiger partial charge on any atom is 0.225 e. The van der Waals surface area contributed by atoms with Gasteiger partial charge in [0.05, 0.1) is 13.7 Å². The van der Waals surface area contributed by atoms with Crippen LogP contribution in [-0.2, 0) is 4.79 Å². The Hall–Kier alpha value is -1.75. The van der Waals surface area contributed by atoms with E-state index in [0.717, 1.165) is 25.1 Å². The van der Waals surface area contributed by atoms with Crippen molar-refractivity contribution in [3.8, 4) is 11.5 Å². The fraction of sp³-hybridized carbons (Fsp3) is 0.533. The van der Waals surface area contributed by atoms with E-state index in [1.165, 1.54) is 0 Å². The summed E-state index contributed by atoms with van der Waals surface area (Å²) in [5.41, 5.74) is 0.730. The van der Waals surface area contributed by atoms with Gasteiger partial charge in [-0.2, -0.15) is 0 Å². The fourth-order valence-corrected chi connectivity index (χ4v) is 2.39. The smallest absolute Gasteiger partial charge is 0.225 e. The van der Waals surface area contributed by atoms with Crippen LogP contribution < -0.4 is 20.1 Å². The van der Waals surface area contributed by atoms with Crippen LogP contribution in [0.25, 0.3) is 0 Å².